The lowest BCUT2D eigenvalue weighted by atomic mass is 9.80. The van der Waals surface area contributed by atoms with Gasteiger partial charge in [0.1, 0.15) is 0 Å². The van der Waals surface area contributed by atoms with Gasteiger partial charge in [0.25, 0.3) is 0 Å². The fraction of sp³-hybridized carbons (Fsp3) is 0.833. The van der Waals surface area contributed by atoms with Crippen LogP contribution in [-0.4, -0.2) is 46.3 Å². The molecule has 2 aliphatic carbocycles. The maximum Gasteiger partial charge on any atom is 0.226 e. The molecule has 1 saturated heterocycles. The Kier molecular flexibility index (Phi) is 6.06. The summed E-state index contributed by atoms with van der Waals surface area (Å²) in [6.07, 6.45) is 10.2. The van der Waals surface area contributed by atoms with Crippen LogP contribution >= 0.6 is 0 Å². The Morgan fingerprint density at radius 1 is 1.28 bits per heavy atom. The number of amides is 1. The predicted molar refractivity (Wildman–Crippen MR) is 114 cm³/mol. The molecule has 162 valence electrons. The third kappa shape index (κ3) is 4.55. The van der Waals surface area contributed by atoms with Crippen molar-refractivity contribution in [2.75, 3.05) is 13.2 Å². The number of nitrogens with zero attached hydrogens (tertiary/aromatic N) is 2. The Bertz CT molecular complexity index is 676. The van der Waals surface area contributed by atoms with E-state index in [4.69, 9.17) is 4.74 Å². The van der Waals surface area contributed by atoms with Crippen LogP contribution in [0.1, 0.15) is 84.3 Å². The summed E-state index contributed by atoms with van der Waals surface area (Å²) in [6, 6.07) is 2.18. The number of hydrogen-bond donors (Lipinski definition) is 1. The van der Waals surface area contributed by atoms with Crippen molar-refractivity contribution in [3.8, 4) is 0 Å². The number of carbonyl (C=O) groups excluding carboxylic acids is 1. The number of nitrogens with one attached hydrogen (secondary N) is 1. The molecule has 0 radical (unpaired) electrons. The van der Waals surface area contributed by atoms with E-state index in [0.717, 1.165) is 56.2 Å². The van der Waals surface area contributed by atoms with Gasteiger partial charge in [-0.3, -0.25) is 9.89 Å². The number of aromatic amines is 1. The molecule has 5 heteroatoms. The van der Waals surface area contributed by atoms with Crippen molar-refractivity contribution >= 4 is 5.91 Å². The van der Waals surface area contributed by atoms with Gasteiger partial charge in [-0.05, 0) is 68.3 Å². The molecule has 0 bridgehead atoms. The lowest BCUT2D eigenvalue weighted by Crippen LogP contribution is -2.51. The molecule has 3 fully saturated rings. The molecule has 2 heterocycles. The number of likely N-dealkylation sites (tertiary alicyclic amines) is 1. The van der Waals surface area contributed by atoms with Gasteiger partial charge in [-0.1, -0.05) is 27.7 Å². The molecule has 3 atom stereocenters. The van der Waals surface area contributed by atoms with E-state index in [9.17, 15) is 4.79 Å². The second kappa shape index (κ2) is 8.41. The molecule has 29 heavy (non-hydrogen) atoms. The Morgan fingerprint density at radius 2 is 2.00 bits per heavy atom. The van der Waals surface area contributed by atoms with Crippen molar-refractivity contribution in [3.05, 3.63) is 18.0 Å². The summed E-state index contributed by atoms with van der Waals surface area (Å²) in [4.78, 5) is 15.5. The van der Waals surface area contributed by atoms with E-state index in [1.54, 1.807) is 0 Å². The molecule has 1 aromatic rings. The Balaban J connectivity index is 1.43. The molecule has 5 nitrogen and oxygen atoms in total. The van der Waals surface area contributed by atoms with Gasteiger partial charge < -0.3 is 9.64 Å². The number of ether oxygens (including phenoxy) is 1. The summed E-state index contributed by atoms with van der Waals surface area (Å²) < 4.78 is 6.48. The van der Waals surface area contributed by atoms with Crippen LogP contribution in [0.2, 0.25) is 0 Å². The molecular weight excluding hydrogens is 362 g/mol. The fourth-order valence-electron chi connectivity index (χ4n) is 5.61. The average Bonchev–Trinajstić information content (AvgIpc) is 3.08. The lowest BCUT2D eigenvalue weighted by molar-refractivity contribution is -0.140. The molecule has 1 N–H and O–H groups in total. The minimum Gasteiger partial charge on any atom is -0.376 e. The van der Waals surface area contributed by atoms with Gasteiger partial charge in [-0.2, -0.15) is 5.10 Å². The third-order valence-corrected chi connectivity index (χ3v) is 7.94. The van der Waals surface area contributed by atoms with Crippen molar-refractivity contribution < 1.29 is 9.53 Å². The molecule has 3 aliphatic rings. The molecule has 2 saturated carbocycles. The second-order valence-electron chi connectivity index (χ2n) is 10.7. The minimum atomic E-state index is 0.110. The highest BCUT2D eigenvalue weighted by molar-refractivity contribution is 5.83. The summed E-state index contributed by atoms with van der Waals surface area (Å²) in [5.41, 5.74) is 1.24. The quantitative estimate of drug-likeness (QED) is 0.747. The zero-order valence-corrected chi connectivity index (χ0v) is 18.7. The first-order chi connectivity index (χ1) is 13.9. The van der Waals surface area contributed by atoms with Crippen LogP contribution < -0.4 is 0 Å². The Labute approximate surface area is 176 Å². The van der Waals surface area contributed by atoms with E-state index in [1.807, 2.05) is 6.20 Å². The number of carbonyl (C=O) groups is 1. The van der Waals surface area contributed by atoms with E-state index in [1.165, 1.54) is 12.8 Å². The first-order valence-corrected chi connectivity index (χ1v) is 11.8. The molecule has 1 aliphatic heterocycles. The van der Waals surface area contributed by atoms with Crippen LogP contribution in [0.15, 0.2) is 12.3 Å². The van der Waals surface area contributed by atoms with Crippen LogP contribution in [0.5, 0.6) is 0 Å². The van der Waals surface area contributed by atoms with E-state index in [0.29, 0.717) is 18.6 Å². The lowest BCUT2D eigenvalue weighted by Gasteiger charge is -2.42. The highest BCUT2D eigenvalue weighted by Crippen LogP contribution is 2.53. The molecular formula is C24H39N3O2. The predicted octanol–water partition coefficient (Wildman–Crippen LogP) is 4.76. The largest absolute Gasteiger partial charge is 0.376 e. The van der Waals surface area contributed by atoms with Crippen LogP contribution in [0.3, 0.4) is 0 Å². The number of hydrogen-bond acceptors (Lipinski definition) is 3. The van der Waals surface area contributed by atoms with Gasteiger partial charge in [0.2, 0.25) is 5.91 Å². The van der Waals surface area contributed by atoms with E-state index in [-0.39, 0.29) is 23.3 Å². The third-order valence-electron chi connectivity index (χ3n) is 7.94. The standard InChI is InChI=1S/C24H39N3O2/c1-16(2)17-7-9-18(10-8-17)29-15-22-19(21-11-12-25-26-21)6-5-13-27(22)23(28)20-14-24(20,3)4/h11-12,16-20,22H,5-10,13-15H2,1-4H3,(H,25,26)/t17-,18+,19-,20?,22+/m1/s1. The summed E-state index contributed by atoms with van der Waals surface area (Å²) in [6.45, 7) is 10.6. The number of piperidine rings is 1. The number of rotatable bonds is 6. The van der Waals surface area contributed by atoms with Crippen LogP contribution in [0.4, 0.5) is 0 Å². The molecule has 1 unspecified atom stereocenters. The SMILES string of the molecule is CC(C)[C@H]1CC[C@@H](OC[C@H]2[C@@H](c3cc[nH]n3)CCCN2C(=O)C2CC2(C)C)CC1. The summed E-state index contributed by atoms with van der Waals surface area (Å²) in [7, 11) is 0. The van der Waals surface area contributed by atoms with Crippen molar-refractivity contribution in [3.63, 3.8) is 0 Å². The summed E-state index contributed by atoms with van der Waals surface area (Å²) >= 11 is 0. The van der Waals surface area contributed by atoms with Gasteiger partial charge >= 0.3 is 0 Å². The molecule has 0 spiro atoms. The van der Waals surface area contributed by atoms with Crippen LogP contribution in [0.25, 0.3) is 0 Å². The summed E-state index contributed by atoms with van der Waals surface area (Å²) in [5, 5.41) is 7.45. The van der Waals surface area contributed by atoms with Crippen molar-refractivity contribution in [1.82, 2.24) is 15.1 Å². The van der Waals surface area contributed by atoms with E-state index >= 15 is 0 Å². The maximum absolute atomic E-state index is 13.3. The molecule has 1 aromatic heterocycles. The zero-order chi connectivity index (χ0) is 20.6. The monoisotopic (exact) mass is 401 g/mol. The van der Waals surface area contributed by atoms with E-state index in [2.05, 4.69) is 48.9 Å². The van der Waals surface area contributed by atoms with E-state index < -0.39 is 0 Å². The maximum atomic E-state index is 13.3. The fourth-order valence-corrected chi connectivity index (χ4v) is 5.61. The van der Waals surface area contributed by atoms with Crippen molar-refractivity contribution in [2.24, 2.45) is 23.2 Å². The van der Waals surface area contributed by atoms with Gasteiger partial charge in [-0.15, -0.1) is 0 Å². The topological polar surface area (TPSA) is 58.2 Å². The first-order valence-electron chi connectivity index (χ1n) is 11.8. The highest BCUT2D eigenvalue weighted by atomic mass is 16.5. The van der Waals surface area contributed by atoms with Gasteiger partial charge in [0, 0.05) is 24.6 Å². The summed E-state index contributed by atoms with van der Waals surface area (Å²) in [5.74, 6) is 2.41. The average molecular weight is 402 g/mol. The Hall–Kier alpha value is -1.36. The number of aromatic nitrogens is 2. The Morgan fingerprint density at radius 3 is 2.59 bits per heavy atom. The van der Waals surface area contributed by atoms with Gasteiger partial charge in [0.05, 0.1) is 24.4 Å². The normalized spacial score (nSPS) is 34.4. The first kappa shape index (κ1) is 20.9. The minimum absolute atomic E-state index is 0.110. The zero-order valence-electron chi connectivity index (χ0n) is 18.7. The highest BCUT2D eigenvalue weighted by Gasteiger charge is 2.53. The van der Waals surface area contributed by atoms with Gasteiger partial charge in [-0.25, -0.2) is 0 Å². The van der Waals surface area contributed by atoms with Crippen LogP contribution in [0, 0.1) is 23.2 Å². The molecule has 0 aromatic carbocycles. The molecule has 1 amide bonds. The van der Waals surface area contributed by atoms with Crippen molar-refractivity contribution in [2.45, 2.75) is 90.7 Å². The van der Waals surface area contributed by atoms with Gasteiger partial charge in [0.15, 0.2) is 0 Å². The number of H-pyrrole nitrogens is 1. The second-order valence-corrected chi connectivity index (χ2v) is 10.7. The van der Waals surface area contributed by atoms with Crippen molar-refractivity contribution in [1.29, 1.82) is 0 Å². The molecule has 4 rings (SSSR count). The van der Waals surface area contributed by atoms with Crippen LogP contribution in [-0.2, 0) is 9.53 Å². The smallest absolute Gasteiger partial charge is 0.226 e.